The summed E-state index contributed by atoms with van der Waals surface area (Å²) < 4.78 is 29.5. The van der Waals surface area contributed by atoms with Crippen molar-refractivity contribution < 1.29 is 43.7 Å². The van der Waals surface area contributed by atoms with Crippen LogP contribution < -0.4 is 0 Å². The molecule has 0 unspecified atom stereocenters. The van der Waals surface area contributed by atoms with E-state index in [4.69, 9.17) is 5.11 Å². The Bertz CT molecular complexity index is 24.1. The summed E-state index contributed by atoms with van der Waals surface area (Å²) in [4.78, 5) is 0. The Labute approximate surface area is 56.9 Å². The summed E-state index contributed by atoms with van der Waals surface area (Å²) in [5.41, 5.74) is 0. The molecule has 0 atom stereocenters. The van der Waals surface area contributed by atoms with Crippen molar-refractivity contribution in [2.45, 2.75) is 6.92 Å². The topological polar surface area (TPSA) is 20.2 Å². The van der Waals surface area contributed by atoms with Crippen molar-refractivity contribution in [3.05, 3.63) is 0 Å². The fraction of sp³-hybridized carbons (Fsp3) is 1.00. The van der Waals surface area contributed by atoms with Crippen molar-refractivity contribution >= 4 is 0 Å². The molecule has 0 aliphatic rings. The first-order chi connectivity index (χ1) is 3.15. The van der Waals surface area contributed by atoms with Crippen LogP contribution in [-0.4, -0.2) is 11.7 Å². The molecule has 0 bridgehead atoms. The van der Waals surface area contributed by atoms with E-state index in [1.807, 2.05) is 0 Å². The average Bonchev–Trinajstić information content (AvgIpc) is 1.33. The van der Waals surface area contributed by atoms with Crippen LogP contribution in [0.3, 0.4) is 0 Å². The molecule has 0 heterocycles. The van der Waals surface area contributed by atoms with Gasteiger partial charge >= 0.3 is 38.6 Å². The van der Waals surface area contributed by atoms with E-state index in [9.17, 15) is 3.95 Å². The second kappa shape index (κ2) is 10.1. The van der Waals surface area contributed by atoms with Gasteiger partial charge in [0, 0.05) is 6.61 Å². The third kappa shape index (κ3) is 169. The number of halogens is 3. The molecule has 0 saturated carbocycles. The van der Waals surface area contributed by atoms with Crippen LogP contribution in [0.4, 0.5) is 3.95 Å². The second-order valence-electron chi connectivity index (χ2n) is 0.452. The van der Waals surface area contributed by atoms with Gasteiger partial charge in [-0.3, -0.25) is 0 Å². The molecule has 0 spiro atoms. The number of hydrogen-bond acceptors (Lipinski definition) is 1. The molecular weight excluding hydrogens is 260 g/mol. The Hall–Kier alpha value is 1.02. The maximum absolute atomic E-state index is 9.82. The molecule has 1 nitrogen and oxygen atoms in total. The van der Waals surface area contributed by atoms with Crippen LogP contribution in [0.2, 0.25) is 0 Å². The molecule has 51 valence electrons. The normalized spacial score (nSPS) is 9.00. The fourth-order valence-electron chi connectivity index (χ4n) is 0. The zero-order valence-corrected chi connectivity index (χ0v) is 5.63. The van der Waals surface area contributed by atoms with Gasteiger partial charge in [-0.2, -0.15) is 0 Å². The van der Waals surface area contributed by atoms with Crippen LogP contribution >= 0.6 is 0 Å². The first-order valence-corrected chi connectivity index (χ1v) is 3.68. The van der Waals surface area contributed by atoms with Crippen molar-refractivity contribution in [2.75, 3.05) is 6.61 Å². The second-order valence-corrected chi connectivity index (χ2v) is 1.32. The first-order valence-electron chi connectivity index (χ1n) is 1.38. The Kier molecular flexibility index (Phi) is 15.7. The molecule has 5 heteroatoms. The molecule has 0 rings (SSSR count). The van der Waals surface area contributed by atoms with Crippen LogP contribution in [0.5, 0.6) is 0 Å². The van der Waals surface area contributed by atoms with E-state index in [0.29, 0.717) is 0 Å². The Morgan fingerprint density at radius 3 is 1.43 bits per heavy atom. The van der Waals surface area contributed by atoms with E-state index in [1.54, 1.807) is 6.92 Å². The minimum atomic E-state index is -4.77. The minimum absolute atomic E-state index is 0.250. The average molecular weight is 266 g/mol. The maximum atomic E-state index is 9.82. The van der Waals surface area contributed by atoms with Crippen LogP contribution in [0.15, 0.2) is 0 Å². The molecule has 1 N–H and O–H groups in total. The zero-order valence-electron chi connectivity index (χ0n) is 3.60. The zero-order chi connectivity index (χ0) is 6.28. The predicted octanol–water partition coefficient (Wildman–Crippen LogP) is 1.26. The Morgan fingerprint density at radius 1 is 1.43 bits per heavy atom. The van der Waals surface area contributed by atoms with Gasteiger partial charge in [0.2, 0.25) is 0 Å². The molecule has 0 aliphatic heterocycles. The van der Waals surface area contributed by atoms with Crippen LogP contribution in [0.1, 0.15) is 6.92 Å². The van der Waals surface area contributed by atoms with Crippen LogP contribution in [0, 0.1) is 34.6 Å². The summed E-state index contributed by atoms with van der Waals surface area (Å²) in [6.45, 7) is 1.93. The standard InChI is InChI=1S/C2H6O.Dy.3FH/c1-2-3;;;;/h3H,2H2,1H3;;3*1H/q;+3;;;/p-3. The van der Waals surface area contributed by atoms with Crippen molar-refractivity contribution in [3.8, 4) is 0 Å². The van der Waals surface area contributed by atoms with Gasteiger partial charge in [0.05, 0.1) is 0 Å². The van der Waals surface area contributed by atoms with Crippen molar-refractivity contribution in [1.82, 2.24) is 0 Å². The number of hydrogen-bond donors (Lipinski definition) is 1. The Morgan fingerprint density at radius 2 is 1.43 bits per heavy atom. The van der Waals surface area contributed by atoms with Gasteiger partial charge in [-0.1, -0.05) is 0 Å². The van der Waals surface area contributed by atoms with Crippen LogP contribution in [-0.2, 0) is 0 Å². The summed E-state index contributed by atoms with van der Waals surface area (Å²) >= 11 is -4.77. The summed E-state index contributed by atoms with van der Waals surface area (Å²) in [5, 5.41) is 7.57. The third-order valence-corrected chi connectivity index (χ3v) is 0. The van der Waals surface area contributed by atoms with Crippen LogP contribution in [0.25, 0.3) is 0 Å². The van der Waals surface area contributed by atoms with Crippen molar-refractivity contribution in [1.29, 1.82) is 0 Å². The Balaban J connectivity index is 0. The van der Waals surface area contributed by atoms with Gasteiger partial charge in [-0.25, -0.2) is 0 Å². The third-order valence-electron chi connectivity index (χ3n) is 0. The quantitative estimate of drug-likeness (QED) is 0.699. The molecule has 0 radical (unpaired) electrons. The summed E-state index contributed by atoms with van der Waals surface area (Å²) in [6, 6.07) is 0. The number of rotatable bonds is 0. The van der Waals surface area contributed by atoms with E-state index >= 15 is 0 Å². The molecule has 0 aromatic heterocycles. The van der Waals surface area contributed by atoms with Gasteiger partial charge < -0.3 is 5.11 Å². The van der Waals surface area contributed by atoms with Gasteiger partial charge in [0.1, 0.15) is 0 Å². The SMILES string of the molecule is CCO.[F][Dy]([F])[F]. The van der Waals surface area contributed by atoms with Crippen molar-refractivity contribution in [2.24, 2.45) is 0 Å². The first kappa shape index (κ1) is 10.9. The molecule has 0 aliphatic carbocycles. The summed E-state index contributed by atoms with van der Waals surface area (Å²) in [6.07, 6.45) is 0. The van der Waals surface area contributed by atoms with E-state index < -0.39 is 34.6 Å². The summed E-state index contributed by atoms with van der Waals surface area (Å²) in [7, 11) is 0. The monoisotopic (exact) mass is 267 g/mol. The summed E-state index contributed by atoms with van der Waals surface area (Å²) in [5.74, 6) is 0. The van der Waals surface area contributed by atoms with E-state index in [0.717, 1.165) is 0 Å². The van der Waals surface area contributed by atoms with Gasteiger partial charge in [-0.05, 0) is 6.92 Å². The van der Waals surface area contributed by atoms with Gasteiger partial charge in [-0.15, -0.1) is 0 Å². The molecule has 0 saturated heterocycles. The molecular formula is C2H6DyF3O. The van der Waals surface area contributed by atoms with Crippen molar-refractivity contribution in [3.63, 3.8) is 0 Å². The van der Waals surface area contributed by atoms with E-state index in [1.165, 1.54) is 0 Å². The number of aliphatic hydroxyl groups excluding tert-OH is 1. The molecule has 0 amide bonds. The van der Waals surface area contributed by atoms with Gasteiger partial charge in [0.25, 0.3) is 0 Å². The molecule has 0 aromatic rings. The predicted molar refractivity (Wildman–Crippen MR) is 16.1 cm³/mol. The van der Waals surface area contributed by atoms with E-state index in [-0.39, 0.29) is 6.61 Å². The molecule has 0 aromatic carbocycles. The van der Waals surface area contributed by atoms with E-state index in [2.05, 4.69) is 0 Å². The fourth-order valence-corrected chi connectivity index (χ4v) is 0. The van der Waals surface area contributed by atoms with Gasteiger partial charge in [0.15, 0.2) is 0 Å². The number of aliphatic hydroxyl groups is 1. The molecule has 7 heavy (non-hydrogen) atoms. The molecule has 0 fully saturated rings.